The van der Waals surface area contributed by atoms with Crippen molar-refractivity contribution in [2.24, 2.45) is 0 Å². The summed E-state index contributed by atoms with van der Waals surface area (Å²) < 4.78 is 76.0. The van der Waals surface area contributed by atoms with Crippen LogP contribution in [0.4, 0.5) is 13.2 Å². The molecule has 2 aromatic rings. The Labute approximate surface area is 263 Å². The molecule has 2 rings (SSSR count). The molecule has 0 amide bonds. The van der Waals surface area contributed by atoms with E-state index in [0.29, 0.717) is 13.2 Å². The molecule has 2 unspecified atom stereocenters. The molecule has 0 bridgehead atoms. The number of aliphatic hydroxyl groups is 2. The van der Waals surface area contributed by atoms with Gasteiger partial charge >= 0.3 is 31.9 Å². The minimum Gasteiger partial charge on any atom is -0.415 e. The normalized spacial score (nSPS) is 15.6. The SMILES string of the molecule is CC(O)COCc1ccc(CO[Si](C)(C)O[Si](C)(CCC(F)(F)F)O[Si](C)(C)OCc2ccc(COCC(C)O)cc2)cc1. The maximum Gasteiger partial charge on any atom is 0.389 e. The van der Waals surface area contributed by atoms with Gasteiger partial charge in [-0.25, -0.2) is 0 Å². The van der Waals surface area contributed by atoms with Gasteiger partial charge in [-0.1, -0.05) is 48.5 Å². The molecular formula is C30H49F3O8Si3. The Morgan fingerprint density at radius 3 is 1.23 bits per heavy atom. The van der Waals surface area contributed by atoms with Crippen LogP contribution in [0.15, 0.2) is 48.5 Å². The van der Waals surface area contributed by atoms with Gasteiger partial charge in [0, 0.05) is 6.42 Å². The van der Waals surface area contributed by atoms with Crippen molar-refractivity contribution in [3.05, 3.63) is 70.8 Å². The lowest BCUT2D eigenvalue weighted by Gasteiger charge is -2.40. The fourth-order valence-corrected chi connectivity index (χ4v) is 16.2. The average Bonchev–Trinajstić information content (AvgIpc) is 2.90. The first kappa shape index (κ1) is 38.7. The molecule has 0 aliphatic carbocycles. The summed E-state index contributed by atoms with van der Waals surface area (Å²) in [5.74, 6) is 0. The number of rotatable bonds is 20. The Balaban J connectivity index is 2.00. The lowest BCUT2D eigenvalue weighted by molar-refractivity contribution is -0.131. The Morgan fingerprint density at radius 1 is 0.614 bits per heavy atom. The van der Waals surface area contributed by atoms with Crippen LogP contribution in [0.3, 0.4) is 0 Å². The Bertz CT molecular complexity index is 1020. The van der Waals surface area contributed by atoms with Gasteiger partial charge in [0.25, 0.3) is 0 Å². The fourth-order valence-electron chi connectivity index (χ4n) is 4.26. The van der Waals surface area contributed by atoms with Crippen molar-refractivity contribution in [1.82, 2.24) is 0 Å². The predicted molar refractivity (Wildman–Crippen MR) is 169 cm³/mol. The van der Waals surface area contributed by atoms with Crippen molar-refractivity contribution in [3.8, 4) is 0 Å². The molecular weight excluding hydrogens is 630 g/mol. The first-order chi connectivity index (χ1) is 20.4. The number of benzene rings is 2. The van der Waals surface area contributed by atoms with Crippen LogP contribution in [0.25, 0.3) is 0 Å². The van der Waals surface area contributed by atoms with E-state index in [9.17, 15) is 23.4 Å². The van der Waals surface area contributed by atoms with Crippen molar-refractivity contribution >= 4 is 25.7 Å². The van der Waals surface area contributed by atoms with Gasteiger partial charge in [-0.2, -0.15) is 13.2 Å². The molecule has 0 saturated carbocycles. The number of hydrogen-bond acceptors (Lipinski definition) is 8. The van der Waals surface area contributed by atoms with Crippen molar-refractivity contribution < 1.29 is 49.9 Å². The third-order valence-corrected chi connectivity index (χ3v) is 16.5. The average molecular weight is 679 g/mol. The minimum atomic E-state index is -4.35. The van der Waals surface area contributed by atoms with Crippen molar-refractivity contribution in [2.75, 3.05) is 13.2 Å². The number of hydrogen-bond donors (Lipinski definition) is 2. The van der Waals surface area contributed by atoms with Crippen LogP contribution >= 0.6 is 0 Å². The molecule has 2 aromatic carbocycles. The number of aliphatic hydroxyl groups excluding tert-OH is 2. The summed E-state index contributed by atoms with van der Waals surface area (Å²) in [5.41, 5.74) is 3.69. The van der Waals surface area contributed by atoms with E-state index < -0.39 is 50.5 Å². The smallest absolute Gasteiger partial charge is 0.389 e. The standard InChI is InChI=1S/C30H49F3O8Si3/c1-24(34)18-36-20-26-8-12-28(13-9-26)22-38-42(3,4)40-44(7,17-16-30(31,32)33)41-43(5,6)39-23-29-14-10-27(11-15-29)21-37-19-25(2)35/h8-15,24-25,34-35H,16-23H2,1-7H3. The fraction of sp³-hybridized carbons (Fsp3) is 0.600. The van der Waals surface area contributed by atoms with Gasteiger partial charge in [0.1, 0.15) is 0 Å². The molecule has 8 nitrogen and oxygen atoms in total. The second-order valence-electron chi connectivity index (χ2n) is 12.2. The second kappa shape index (κ2) is 17.5. The van der Waals surface area contributed by atoms with Gasteiger partial charge in [0.15, 0.2) is 0 Å². The van der Waals surface area contributed by atoms with Crippen LogP contribution < -0.4 is 0 Å². The van der Waals surface area contributed by atoms with Gasteiger partial charge in [-0.05, 0) is 74.9 Å². The maximum atomic E-state index is 13.3. The Kier molecular flexibility index (Phi) is 15.4. The second-order valence-corrected chi connectivity index (χ2v) is 22.8. The number of halogens is 3. The van der Waals surface area contributed by atoms with Crippen LogP contribution in [0.2, 0.25) is 38.8 Å². The van der Waals surface area contributed by atoms with Crippen LogP contribution in [0.5, 0.6) is 0 Å². The molecule has 44 heavy (non-hydrogen) atoms. The van der Waals surface area contributed by atoms with Crippen molar-refractivity contribution in [3.63, 3.8) is 0 Å². The first-order valence-electron chi connectivity index (χ1n) is 14.8. The molecule has 0 aliphatic rings. The highest BCUT2D eigenvalue weighted by atomic mass is 28.5. The van der Waals surface area contributed by atoms with Crippen LogP contribution in [0, 0.1) is 0 Å². The summed E-state index contributed by atoms with van der Waals surface area (Å²) in [4.78, 5) is 0. The molecule has 0 heterocycles. The summed E-state index contributed by atoms with van der Waals surface area (Å²) in [6.45, 7) is 14.0. The summed E-state index contributed by atoms with van der Waals surface area (Å²) in [7, 11) is -9.23. The number of ether oxygens (including phenoxy) is 2. The van der Waals surface area contributed by atoms with E-state index in [1.54, 1.807) is 20.4 Å². The van der Waals surface area contributed by atoms with E-state index in [-0.39, 0.29) is 32.5 Å². The first-order valence-corrected chi connectivity index (χ1v) is 22.9. The zero-order valence-electron chi connectivity index (χ0n) is 26.9. The van der Waals surface area contributed by atoms with Crippen molar-refractivity contribution in [2.45, 2.75) is 104 Å². The summed E-state index contributed by atoms with van der Waals surface area (Å²) in [5, 5.41) is 18.7. The molecule has 14 heteroatoms. The lowest BCUT2D eigenvalue weighted by atomic mass is 10.1. The van der Waals surface area contributed by atoms with Gasteiger partial charge in [-0.3, -0.25) is 0 Å². The molecule has 0 spiro atoms. The zero-order chi connectivity index (χ0) is 33.0. The third-order valence-electron chi connectivity index (χ3n) is 6.26. The topological polar surface area (TPSA) is 95.8 Å². The monoisotopic (exact) mass is 678 g/mol. The summed E-state index contributed by atoms with van der Waals surface area (Å²) in [6, 6.07) is 15.0. The quantitative estimate of drug-likeness (QED) is 0.150. The highest BCUT2D eigenvalue weighted by Crippen LogP contribution is 2.32. The van der Waals surface area contributed by atoms with E-state index in [1.807, 2.05) is 74.7 Å². The Hall–Kier alpha value is -1.44. The highest BCUT2D eigenvalue weighted by Gasteiger charge is 2.47. The molecule has 250 valence electrons. The van der Waals surface area contributed by atoms with Gasteiger partial charge in [0.2, 0.25) is 0 Å². The number of alkyl halides is 3. The van der Waals surface area contributed by atoms with E-state index in [4.69, 9.17) is 26.6 Å². The largest absolute Gasteiger partial charge is 0.415 e. The molecule has 2 N–H and O–H groups in total. The summed E-state index contributed by atoms with van der Waals surface area (Å²) in [6.07, 6.45) is -6.42. The molecule has 2 atom stereocenters. The lowest BCUT2D eigenvalue weighted by Crippen LogP contribution is -2.56. The molecule has 0 aromatic heterocycles. The van der Waals surface area contributed by atoms with Crippen LogP contribution in [-0.4, -0.2) is 67.5 Å². The van der Waals surface area contributed by atoms with E-state index in [2.05, 4.69) is 0 Å². The zero-order valence-corrected chi connectivity index (χ0v) is 29.9. The van der Waals surface area contributed by atoms with Crippen molar-refractivity contribution in [1.29, 1.82) is 0 Å². The maximum absolute atomic E-state index is 13.3. The Morgan fingerprint density at radius 2 is 0.932 bits per heavy atom. The summed E-state index contributed by atoms with van der Waals surface area (Å²) >= 11 is 0. The third kappa shape index (κ3) is 16.8. The molecule has 0 radical (unpaired) electrons. The van der Waals surface area contributed by atoms with Gasteiger partial charge in [0.05, 0.1) is 51.8 Å². The minimum absolute atomic E-state index is 0.245. The van der Waals surface area contributed by atoms with E-state index in [0.717, 1.165) is 22.3 Å². The van der Waals surface area contributed by atoms with E-state index in [1.165, 1.54) is 0 Å². The predicted octanol–water partition coefficient (Wildman–Crippen LogP) is 6.68. The highest BCUT2D eigenvalue weighted by molar-refractivity contribution is 6.85. The van der Waals surface area contributed by atoms with Gasteiger partial charge < -0.3 is 36.8 Å². The van der Waals surface area contributed by atoms with Crippen LogP contribution in [0.1, 0.15) is 42.5 Å². The van der Waals surface area contributed by atoms with Gasteiger partial charge in [-0.15, -0.1) is 0 Å². The molecule has 0 saturated heterocycles. The molecule has 0 fully saturated rings. The van der Waals surface area contributed by atoms with E-state index >= 15 is 0 Å². The molecule has 0 aliphatic heterocycles. The van der Waals surface area contributed by atoms with Crippen LogP contribution in [-0.2, 0) is 53.0 Å².